The number of aryl methyl sites for hydroxylation is 1. The summed E-state index contributed by atoms with van der Waals surface area (Å²) in [6, 6.07) is 4.36. The summed E-state index contributed by atoms with van der Waals surface area (Å²) in [5, 5.41) is 5.74. The lowest BCUT2D eigenvalue weighted by molar-refractivity contribution is -0.154. The van der Waals surface area contributed by atoms with Gasteiger partial charge in [-0.25, -0.2) is 0 Å². The maximum absolute atomic E-state index is 13.9. The average molecular weight is 1890 g/mol. The van der Waals surface area contributed by atoms with Gasteiger partial charge in [-0.1, -0.05) is 33.8 Å². The molecule has 0 spiro atoms. The zero-order chi connectivity index (χ0) is 95.0. The van der Waals surface area contributed by atoms with Crippen molar-refractivity contribution < 1.29 is 166 Å². The second-order valence-electron chi connectivity index (χ2n) is 31.8. The summed E-state index contributed by atoms with van der Waals surface area (Å²) < 4.78 is 160. The molecule has 0 radical (unpaired) electrons. The van der Waals surface area contributed by atoms with E-state index in [1.165, 1.54) is 4.90 Å². The van der Waals surface area contributed by atoms with Crippen LogP contribution in [0.15, 0.2) is 18.2 Å². The van der Waals surface area contributed by atoms with Gasteiger partial charge in [0, 0.05) is 77.9 Å². The number of esters is 1. The van der Waals surface area contributed by atoms with Gasteiger partial charge in [0.2, 0.25) is 23.6 Å². The van der Waals surface area contributed by atoms with Crippen LogP contribution in [0.25, 0.3) is 0 Å². The van der Waals surface area contributed by atoms with Gasteiger partial charge in [0.15, 0.2) is 0 Å². The zero-order valence-electron chi connectivity index (χ0n) is 81.1. The van der Waals surface area contributed by atoms with Crippen LogP contribution in [-0.2, 0) is 179 Å². The fourth-order valence-corrected chi connectivity index (χ4v) is 11.6. The quantitative estimate of drug-likeness (QED) is 0.0482. The first-order chi connectivity index (χ1) is 63.9. The Morgan fingerprint density at radius 3 is 1.05 bits per heavy atom. The van der Waals surface area contributed by atoms with Crippen molar-refractivity contribution in [3.63, 3.8) is 0 Å². The lowest BCUT2D eigenvalue weighted by atomic mass is 9.89. The summed E-state index contributed by atoms with van der Waals surface area (Å²) in [7, 11) is 3.27. The lowest BCUT2D eigenvalue weighted by Crippen LogP contribution is -2.46. The minimum Gasteiger partial charge on any atom is -0.460 e. The van der Waals surface area contributed by atoms with Crippen LogP contribution in [0.5, 0.6) is 0 Å². The molecule has 0 bridgehead atoms. The van der Waals surface area contributed by atoms with E-state index in [9.17, 15) is 28.8 Å². The molecule has 0 aromatic heterocycles. The number of carbonyl (C=O) groups excluding carboxylic acids is 6. The summed E-state index contributed by atoms with van der Waals surface area (Å²) in [4.78, 5) is 84.3. The highest BCUT2D eigenvalue weighted by atomic mass is 16.7. The number of benzene rings is 1. The fraction of sp³-hybridized carbons (Fsp3) is 0.870. The number of hydrogen-bond donors (Lipinski definition) is 2. The number of rotatable bonds is 100. The highest BCUT2D eigenvalue weighted by molar-refractivity contribution is 5.98. The minimum atomic E-state index is -0.988. The first kappa shape index (κ1) is 122. The summed E-state index contributed by atoms with van der Waals surface area (Å²) in [5.74, 6) is -2.58. The van der Waals surface area contributed by atoms with Crippen LogP contribution < -0.4 is 10.6 Å². The van der Waals surface area contributed by atoms with Crippen LogP contribution >= 0.6 is 0 Å². The normalized spacial score (nSPS) is 13.5. The summed E-state index contributed by atoms with van der Waals surface area (Å²) in [6.45, 7) is 38.9. The number of likely N-dealkylation sites (tertiary alicyclic amines) is 1. The monoisotopic (exact) mass is 1890 g/mol. The number of nitrogens with zero attached hydrogens (tertiary/aromatic N) is 2. The standard InChI is InChI=1S/C92H168N4O35/c1-78(2)83-72-87(98)96(74-83)75-88(99)95(18-22-107-29-32-112-39-42-117-48-50-120-54-56-123-59-60-124-58-57-121-52-51-118-46-44-114-36-34-109-26-24-104-10)17-16-85(97)73-86(79(3)4)90(101)93-80(5)89(100)94-84-15-14-82(76-131-91(102)92(6,7)8)81(71-84)13-11-19-105-27-30-110-37-40-115-47-49-119-53-55-122-61-62-125-63-64-126-65-66-127-67-68-128-69-70-130-77-129-21-12-20-106-28-31-111-38-41-116-45-43-113-35-33-108-25-23-103-9/h14-15,71,78-80,83,86H,11-13,16-70,72-77H2,1-10H3,(H,93,101)(H,94,100)/t80-,83+,86-/m0/s1. The molecule has 0 aliphatic carbocycles. The Morgan fingerprint density at radius 2 is 0.718 bits per heavy atom. The van der Waals surface area contributed by atoms with Gasteiger partial charge in [-0.05, 0) is 88.0 Å². The van der Waals surface area contributed by atoms with E-state index in [1.54, 1.807) is 58.9 Å². The van der Waals surface area contributed by atoms with E-state index in [2.05, 4.69) is 24.5 Å². The van der Waals surface area contributed by atoms with E-state index < -0.39 is 29.2 Å². The molecule has 1 aliphatic rings. The summed E-state index contributed by atoms with van der Waals surface area (Å²) >= 11 is 0. The Bertz CT molecular complexity index is 2820. The van der Waals surface area contributed by atoms with Gasteiger partial charge in [0.25, 0.3) is 0 Å². The van der Waals surface area contributed by atoms with Crippen LogP contribution in [0, 0.1) is 29.1 Å². The molecule has 4 amide bonds. The minimum absolute atomic E-state index is 0.0290. The smallest absolute Gasteiger partial charge is 0.311 e. The Hall–Kier alpha value is -4.88. The molecule has 766 valence electrons. The summed E-state index contributed by atoms with van der Waals surface area (Å²) in [5.41, 5.74) is 1.37. The highest BCUT2D eigenvalue weighted by Crippen LogP contribution is 2.26. The van der Waals surface area contributed by atoms with Crippen LogP contribution in [0.2, 0.25) is 0 Å². The van der Waals surface area contributed by atoms with Crippen molar-refractivity contribution >= 4 is 41.1 Å². The molecule has 131 heavy (non-hydrogen) atoms. The maximum atomic E-state index is 13.9. The molecule has 1 aliphatic heterocycles. The van der Waals surface area contributed by atoms with Gasteiger partial charge in [-0.15, -0.1) is 0 Å². The van der Waals surface area contributed by atoms with Gasteiger partial charge in [0.1, 0.15) is 25.2 Å². The third-order valence-corrected chi connectivity index (χ3v) is 19.3. The molecule has 0 unspecified atom stereocenters. The van der Waals surface area contributed by atoms with E-state index >= 15 is 0 Å². The number of Topliss-reactive ketones (excluding diaryl/α,β-unsaturated/α-hetero) is 1. The van der Waals surface area contributed by atoms with E-state index in [4.69, 9.17) is 137 Å². The van der Waals surface area contributed by atoms with Crippen molar-refractivity contribution in [2.24, 2.45) is 29.1 Å². The SMILES string of the molecule is COCCOCCOCCOCCOCCOCCCOCOCCOCCOCCOCCOCCOCCOCCOCCOCCOCCCc1cc(NC(=O)[C@H](C)NC(=O)[C@@H](CC(=O)CCN(CCOCCOCCOCCOCCOCCOCCOCCOCCOCCOCCOC)C(=O)CN2C[C@H](C(C)C)CC2=O)C(C)C)ccc1COC(=O)C(C)(C)C. The number of carbonyl (C=O) groups is 6. The zero-order valence-corrected chi connectivity index (χ0v) is 81.1. The molecule has 39 heteroatoms. The molecule has 1 fully saturated rings. The second-order valence-corrected chi connectivity index (χ2v) is 31.8. The number of hydrogen-bond acceptors (Lipinski definition) is 35. The van der Waals surface area contributed by atoms with E-state index in [1.807, 2.05) is 19.9 Å². The number of ketones is 1. The van der Waals surface area contributed by atoms with E-state index in [-0.39, 0.29) is 107 Å². The van der Waals surface area contributed by atoms with Gasteiger partial charge in [-0.2, -0.15) is 0 Å². The van der Waals surface area contributed by atoms with E-state index in [0.29, 0.717) is 355 Å². The fourth-order valence-electron chi connectivity index (χ4n) is 11.6. The molecule has 1 aromatic rings. The van der Waals surface area contributed by atoms with Crippen molar-refractivity contribution in [1.82, 2.24) is 15.1 Å². The molecule has 0 saturated carbocycles. The Labute approximate surface area is 780 Å². The lowest BCUT2D eigenvalue weighted by Gasteiger charge is -2.26. The second kappa shape index (κ2) is 89.1. The van der Waals surface area contributed by atoms with Crippen molar-refractivity contribution in [2.75, 3.05) is 396 Å². The van der Waals surface area contributed by atoms with Crippen molar-refractivity contribution in [2.45, 2.75) is 107 Å². The number of ether oxygens (including phenoxy) is 29. The van der Waals surface area contributed by atoms with Gasteiger partial charge < -0.3 is 158 Å². The van der Waals surface area contributed by atoms with Crippen LogP contribution in [-0.4, -0.2) is 442 Å². The topological polar surface area (TPSA) is 401 Å². The third-order valence-electron chi connectivity index (χ3n) is 19.3. The van der Waals surface area contributed by atoms with Crippen LogP contribution in [0.3, 0.4) is 0 Å². The average Bonchev–Trinajstić information content (AvgIpc) is 1.03. The Morgan fingerprint density at radius 1 is 0.397 bits per heavy atom. The van der Waals surface area contributed by atoms with Gasteiger partial charge in [0.05, 0.1) is 342 Å². The number of nitrogens with one attached hydrogen (secondary N) is 2. The van der Waals surface area contributed by atoms with Gasteiger partial charge in [-0.3, -0.25) is 28.8 Å². The first-order valence-corrected chi connectivity index (χ1v) is 46.8. The number of anilines is 1. The number of amides is 4. The van der Waals surface area contributed by atoms with Crippen molar-refractivity contribution in [3.05, 3.63) is 29.3 Å². The third kappa shape index (κ3) is 74.9. The molecular formula is C92H168N4O35. The molecule has 2 N–H and O–H groups in total. The van der Waals surface area contributed by atoms with Gasteiger partial charge >= 0.3 is 5.97 Å². The molecular weight excluding hydrogens is 1720 g/mol. The number of methoxy groups -OCH3 is 2. The Kier molecular flexibility index (Phi) is 83.1. The maximum Gasteiger partial charge on any atom is 0.311 e. The summed E-state index contributed by atoms with van der Waals surface area (Å²) in [6.07, 6.45) is 2.12. The molecule has 39 nitrogen and oxygen atoms in total. The molecule has 1 heterocycles. The predicted octanol–water partition coefficient (Wildman–Crippen LogP) is 5.18. The largest absolute Gasteiger partial charge is 0.460 e. The Balaban J connectivity index is 1.56. The van der Waals surface area contributed by atoms with E-state index in [0.717, 1.165) is 17.5 Å². The van der Waals surface area contributed by atoms with Crippen molar-refractivity contribution in [1.29, 1.82) is 0 Å². The molecule has 1 saturated heterocycles. The van der Waals surface area contributed by atoms with Crippen molar-refractivity contribution in [3.8, 4) is 0 Å². The highest BCUT2D eigenvalue weighted by Gasteiger charge is 2.34. The predicted molar refractivity (Wildman–Crippen MR) is 484 cm³/mol. The van der Waals surface area contributed by atoms with Crippen LogP contribution in [0.1, 0.15) is 98.6 Å². The first-order valence-electron chi connectivity index (χ1n) is 46.8. The molecule has 1 aromatic carbocycles. The van der Waals surface area contributed by atoms with Crippen LogP contribution in [0.4, 0.5) is 5.69 Å². The molecule has 2 rings (SSSR count). The molecule has 3 atom stereocenters.